The fraction of sp³-hybridized carbons (Fsp3) is 0.389. The number of Topliss-reactive ketones (excluding diaryl/α,β-unsaturated/α-hetero) is 1. The molecule has 0 aliphatic rings. The number of aromatic nitrogens is 2. The van der Waals surface area contributed by atoms with E-state index in [1.807, 2.05) is 17.7 Å². The van der Waals surface area contributed by atoms with Crippen LogP contribution in [0.2, 0.25) is 0 Å². The minimum absolute atomic E-state index is 0.0436. The number of hydrogen-bond acceptors (Lipinski definition) is 5. The van der Waals surface area contributed by atoms with Gasteiger partial charge in [0.15, 0.2) is 17.3 Å². The van der Waals surface area contributed by atoms with Gasteiger partial charge >= 0.3 is 0 Å². The minimum atomic E-state index is -0.151. The van der Waals surface area contributed by atoms with E-state index in [1.54, 1.807) is 30.7 Å². The molecule has 1 amide bonds. The van der Waals surface area contributed by atoms with Crippen molar-refractivity contribution in [2.45, 2.75) is 32.4 Å². The molecule has 2 aromatic rings. The van der Waals surface area contributed by atoms with Crippen molar-refractivity contribution in [3.8, 4) is 11.5 Å². The molecule has 1 N–H and O–H groups in total. The summed E-state index contributed by atoms with van der Waals surface area (Å²) in [5.41, 5.74) is 0.497. The van der Waals surface area contributed by atoms with Gasteiger partial charge in [0.2, 0.25) is 5.91 Å². The Morgan fingerprint density at radius 1 is 1.20 bits per heavy atom. The fourth-order valence-corrected chi connectivity index (χ4v) is 2.48. The lowest BCUT2D eigenvalue weighted by Gasteiger charge is -2.14. The lowest BCUT2D eigenvalue weighted by molar-refractivity contribution is -0.121. The molecular weight excluding hydrogens is 322 g/mol. The third-order valence-electron chi connectivity index (χ3n) is 3.74. The molecule has 1 aromatic heterocycles. The van der Waals surface area contributed by atoms with Crippen LogP contribution in [-0.2, 0) is 11.3 Å². The molecule has 0 aliphatic heterocycles. The number of amides is 1. The summed E-state index contributed by atoms with van der Waals surface area (Å²) in [6.45, 7) is 2.55. The molecule has 25 heavy (non-hydrogen) atoms. The second-order valence-corrected chi connectivity index (χ2v) is 5.72. The molecule has 2 rings (SSSR count). The molecule has 1 heterocycles. The van der Waals surface area contributed by atoms with Crippen LogP contribution >= 0.6 is 0 Å². The van der Waals surface area contributed by atoms with Gasteiger partial charge in [0.1, 0.15) is 0 Å². The van der Waals surface area contributed by atoms with Crippen LogP contribution in [-0.4, -0.2) is 41.5 Å². The van der Waals surface area contributed by atoms with E-state index in [0.29, 0.717) is 23.6 Å². The van der Waals surface area contributed by atoms with Gasteiger partial charge < -0.3 is 19.4 Å². The van der Waals surface area contributed by atoms with Crippen molar-refractivity contribution in [1.82, 2.24) is 14.9 Å². The first kappa shape index (κ1) is 18.5. The van der Waals surface area contributed by atoms with Crippen molar-refractivity contribution in [3.05, 3.63) is 42.5 Å². The van der Waals surface area contributed by atoms with Gasteiger partial charge in [-0.15, -0.1) is 0 Å². The summed E-state index contributed by atoms with van der Waals surface area (Å²) >= 11 is 0. The molecule has 7 nitrogen and oxygen atoms in total. The van der Waals surface area contributed by atoms with Crippen LogP contribution in [0.4, 0.5) is 0 Å². The van der Waals surface area contributed by atoms with Crippen molar-refractivity contribution < 1.29 is 19.1 Å². The van der Waals surface area contributed by atoms with Crippen molar-refractivity contribution in [2.24, 2.45) is 0 Å². The number of benzene rings is 1. The number of nitrogens with zero attached hydrogens (tertiary/aromatic N) is 2. The smallest absolute Gasteiger partial charge is 0.220 e. The average Bonchev–Trinajstić information content (AvgIpc) is 3.11. The van der Waals surface area contributed by atoms with Gasteiger partial charge in [-0.25, -0.2) is 4.98 Å². The first-order valence-electron chi connectivity index (χ1n) is 8.03. The molecular formula is C18H23N3O4. The van der Waals surface area contributed by atoms with Crippen LogP contribution in [0.1, 0.15) is 30.1 Å². The van der Waals surface area contributed by atoms with E-state index in [1.165, 1.54) is 14.2 Å². The third-order valence-corrected chi connectivity index (χ3v) is 3.74. The Morgan fingerprint density at radius 2 is 1.96 bits per heavy atom. The Hall–Kier alpha value is -2.83. The summed E-state index contributed by atoms with van der Waals surface area (Å²) in [4.78, 5) is 28.2. The third kappa shape index (κ3) is 5.34. The number of ketones is 1. The maximum Gasteiger partial charge on any atom is 0.220 e. The van der Waals surface area contributed by atoms with Crippen molar-refractivity contribution in [1.29, 1.82) is 0 Å². The van der Waals surface area contributed by atoms with Crippen molar-refractivity contribution in [3.63, 3.8) is 0 Å². The van der Waals surface area contributed by atoms with Gasteiger partial charge in [-0.1, -0.05) is 0 Å². The fourth-order valence-electron chi connectivity index (χ4n) is 2.48. The first-order chi connectivity index (χ1) is 12.0. The molecule has 0 saturated heterocycles. The van der Waals surface area contributed by atoms with Crippen molar-refractivity contribution in [2.75, 3.05) is 14.2 Å². The summed E-state index contributed by atoms with van der Waals surface area (Å²) in [5, 5.41) is 2.88. The molecule has 0 radical (unpaired) electrons. The molecule has 7 heteroatoms. The number of rotatable bonds is 9. The van der Waals surface area contributed by atoms with Crippen LogP contribution in [0, 0.1) is 0 Å². The Labute approximate surface area is 147 Å². The van der Waals surface area contributed by atoms with Crippen LogP contribution in [0.15, 0.2) is 36.9 Å². The highest BCUT2D eigenvalue weighted by atomic mass is 16.5. The minimum Gasteiger partial charge on any atom is -0.493 e. The predicted molar refractivity (Wildman–Crippen MR) is 92.9 cm³/mol. The largest absolute Gasteiger partial charge is 0.493 e. The number of ether oxygens (including phenoxy) is 2. The normalized spacial score (nSPS) is 11.6. The average molecular weight is 345 g/mol. The highest BCUT2D eigenvalue weighted by Crippen LogP contribution is 2.28. The standard InChI is InChI=1S/C18H23N3O4/c1-13(11-21-9-8-19-12-21)20-18(23)7-5-15(22)14-4-6-16(24-2)17(10-14)25-3/h4,6,8-10,12-13H,5,7,11H2,1-3H3,(H,20,23)/t13-/m0/s1. The summed E-state index contributed by atoms with van der Waals surface area (Å²) in [7, 11) is 3.05. The molecule has 0 unspecified atom stereocenters. The zero-order valence-corrected chi connectivity index (χ0v) is 14.7. The lowest BCUT2D eigenvalue weighted by atomic mass is 10.1. The first-order valence-corrected chi connectivity index (χ1v) is 8.03. The van der Waals surface area contributed by atoms with E-state index in [0.717, 1.165) is 0 Å². The SMILES string of the molecule is COc1ccc(C(=O)CCC(=O)N[C@@H](C)Cn2ccnc2)cc1OC. The monoisotopic (exact) mass is 345 g/mol. The molecule has 1 atom stereocenters. The Balaban J connectivity index is 1.83. The summed E-state index contributed by atoms with van der Waals surface area (Å²) in [6, 6.07) is 4.93. The van der Waals surface area contributed by atoms with E-state index in [-0.39, 0.29) is 30.6 Å². The number of nitrogens with one attached hydrogen (secondary N) is 1. The van der Waals surface area contributed by atoms with Crippen LogP contribution in [0.5, 0.6) is 11.5 Å². The van der Waals surface area contributed by atoms with Gasteiger partial charge in [-0.2, -0.15) is 0 Å². The summed E-state index contributed by atoms with van der Waals surface area (Å²) in [5.74, 6) is 0.789. The molecule has 134 valence electrons. The second kappa shape index (κ2) is 8.86. The summed E-state index contributed by atoms with van der Waals surface area (Å²) in [6.07, 6.45) is 5.50. The Morgan fingerprint density at radius 3 is 2.60 bits per heavy atom. The van der Waals surface area contributed by atoms with E-state index in [2.05, 4.69) is 10.3 Å². The number of hydrogen-bond donors (Lipinski definition) is 1. The predicted octanol–water partition coefficient (Wildman–Crippen LogP) is 2.07. The van der Waals surface area contributed by atoms with Crippen molar-refractivity contribution >= 4 is 11.7 Å². The maximum absolute atomic E-state index is 12.3. The number of imidazole rings is 1. The molecule has 0 spiro atoms. The second-order valence-electron chi connectivity index (χ2n) is 5.72. The zero-order chi connectivity index (χ0) is 18.2. The quantitative estimate of drug-likeness (QED) is 0.704. The Bertz CT molecular complexity index is 713. The Kier molecular flexibility index (Phi) is 6.56. The highest BCUT2D eigenvalue weighted by molar-refractivity contribution is 5.98. The number of carbonyl (C=O) groups excluding carboxylic acids is 2. The summed E-state index contributed by atoms with van der Waals surface area (Å²) < 4.78 is 12.2. The highest BCUT2D eigenvalue weighted by Gasteiger charge is 2.14. The number of methoxy groups -OCH3 is 2. The van der Waals surface area contributed by atoms with Crippen LogP contribution in [0.3, 0.4) is 0 Å². The lowest BCUT2D eigenvalue weighted by Crippen LogP contribution is -2.35. The molecule has 1 aromatic carbocycles. The number of carbonyl (C=O) groups is 2. The van der Waals surface area contributed by atoms with E-state index in [9.17, 15) is 9.59 Å². The molecule has 0 fully saturated rings. The van der Waals surface area contributed by atoms with E-state index < -0.39 is 0 Å². The molecule has 0 saturated carbocycles. The van der Waals surface area contributed by atoms with Gasteiger partial charge in [0.25, 0.3) is 0 Å². The molecule has 0 bridgehead atoms. The molecule has 0 aliphatic carbocycles. The van der Waals surface area contributed by atoms with E-state index in [4.69, 9.17) is 9.47 Å². The van der Waals surface area contributed by atoms with Gasteiger partial charge in [0.05, 0.1) is 20.5 Å². The maximum atomic E-state index is 12.3. The van der Waals surface area contributed by atoms with Gasteiger partial charge in [-0.3, -0.25) is 9.59 Å². The van der Waals surface area contributed by atoms with Gasteiger partial charge in [0, 0.05) is 43.4 Å². The van der Waals surface area contributed by atoms with E-state index >= 15 is 0 Å². The van der Waals surface area contributed by atoms with Gasteiger partial charge in [-0.05, 0) is 25.1 Å². The van der Waals surface area contributed by atoms with Crippen LogP contribution < -0.4 is 14.8 Å². The topological polar surface area (TPSA) is 82.5 Å². The zero-order valence-electron chi connectivity index (χ0n) is 14.7. The van der Waals surface area contributed by atoms with Crippen LogP contribution in [0.25, 0.3) is 0 Å².